The molecule has 2 aromatic heterocycles. The van der Waals surface area contributed by atoms with Crippen LogP contribution in [-0.2, 0) is 58.5 Å². The number of H-pyrrole nitrogens is 2. The monoisotopic (exact) mass is 1040 g/mol. The first-order valence-corrected chi connectivity index (χ1v) is 27.4. The lowest BCUT2D eigenvalue weighted by Gasteiger charge is -1.83. The minimum atomic E-state index is -3.20. The number of carbonyl (C=O) groups is 5. The van der Waals surface area contributed by atoms with Crippen LogP contribution in [0, 0.1) is 35.5 Å². The van der Waals surface area contributed by atoms with Crippen molar-refractivity contribution in [2.45, 2.75) is 137 Å². The summed E-state index contributed by atoms with van der Waals surface area (Å²) >= 11 is 1.05. The molecule has 1 amide bonds. The van der Waals surface area contributed by atoms with Gasteiger partial charge in [0.05, 0.1) is 12.3 Å². The molecule has 4 N–H and O–H groups in total. The zero-order valence-electron chi connectivity index (χ0n) is 42.9. The first-order chi connectivity index (χ1) is 30.3. The fraction of sp³-hybridized carbons (Fsp3) is 0.738. The van der Waals surface area contributed by atoms with E-state index < -0.39 is 41.4 Å². The predicted molar refractivity (Wildman–Crippen MR) is 265 cm³/mol. The van der Waals surface area contributed by atoms with Gasteiger partial charge in [-0.15, -0.1) is 0 Å². The fourth-order valence-corrected chi connectivity index (χ4v) is 5.92. The third-order valence-corrected chi connectivity index (χ3v) is 8.66. The molecule has 2 aromatic rings. The largest absolute Gasteiger partial charge is 0.438 e. The average Bonchev–Trinajstić information content (AvgIpc) is 3.98. The van der Waals surface area contributed by atoms with Gasteiger partial charge >= 0.3 is 11.7 Å². The standard InChI is InChI=1S/C4H6O3S.C4H4O3S.6C4H10.C3H5NO3S.C3H3NO3.C2H2N2O2.C2H2N2OS/c2*5-4-1-2-8(6,7)3-4;6*1-4(2)3;5-3-1-4-8(6,7)2-3;5-2-1-3(6)7-4-2;5-2-3-1-4-6-2;5-2-1-3-6-4-2/h1-3H2;1-2H,3H2;6*4H,1-3H3;4H,1-2H2;1H2,(H,4,5);1H,(H,3,4,5);1H,(H,4,5). The van der Waals surface area contributed by atoms with Crippen molar-refractivity contribution in [1.29, 1.82) is 0 Å². The Morgan fingerprint density at radius 3 is 1.16 bits per heavy atom. The van der Waals surface area contributed by atoms with E-state index >= 15 is 0 Å². The molecule has 3 fully saturated rings. The molecule has 0 saturated carbocycles. The topological polar surface area (TPSA) is 326 Å². The molecule has 0 atom stereocenters. The van der Waals surface area contributed by atoms with Crippen molar-refractivity contribution in [1.82, 2.24) is 29.1 Å². The van der Waals surface area contributed by atoms with E-state index in [1.165, 1.54) is 12.5 Å². The van der Waals surface area contributed by atoms with Crippen molar-refractivity contribution >= 4 is 70.7 Å². The van der Waals surface area contributed by atoms with Crippen LogP contribution in [0.4, 0.5) is 0 Å². The van der Waals surface area contributed by atoms with Gasteiger partial charge in [-0.3, -0.25) is 37.9 Å². The predicted octanol–water partition coefficient (Wildman–Crippen LogP) is 5.49. The molecule has 4 aliphatic heterocycles. The number of rotatable bonds is 0. The van der Waals surface area contributed by atoms with E-state index in [-0.39, 0.29) is 71.2 Å². The molecule has 67 heavy (non-hydrogen) atoms. The number of aromatic nitrogens is 4. The van der Waals surface area contributed by atoms with Gasteiger partial charge in [0.15, 0.2) is 31.2 Å². The first-order valence-electron chi connectivity index (χ1n) is 21.4. The van der Waals surface area contributed by atoms with Crippen LogP contribution < -0.4 is 21.5 Å². The maximum atomic E-state index is 10.4. The maximum Gasteiger partial charge on any atom is 0.438 e. The van der Waals surface area contributed by atoms with Gasteiger partial charge in [0.2, 0.25) is 10.0 Å². The van der Waals surface area contributed by atoms with E-state index in [2.05, 4.69) is 158 Å². The number of carbonyl (C=O) groups excluding carboxylic acids is 5. The highest BCUT2D eigenvalue weighted by Gasteiger charge is 2.25. The second-order valence-corrected chi connectivity index (χ2v) is 24.7. The number of ketones is 3. The zero-order chi connectivity index (χ0) is 54.1. The van der Waals surface area contributed by atoms with E-state index in [0.717, 1.165) is 58.7 Å². The van der Waals surface area contributed by atoms with Gasteiger partial charge in [-0.1, -0.05) is 130 Å². The Balaban J connectivity index is -0.000000153. The third-order valence-electron chi connectivity index (χ3n) is 4.04. The van der Waals surface area contributed by atoms with Gasteiger partial charge in [0.25, 0.3) is 11.5 Å². The number of sulfone groups is 2. The summed E-state index contributed by atoms with van der Waals surface area (Å²) < 4.78 is 74.0. The summed E-state index contributed by atoms with van der Waals surface area (Å²) in [5, 5.41) is 4.02. The van der Waals surface area contributed by atoms with E-state index in [9.17, 15) is 58.8 Å². The van der Waals surface area contributed by atoms with Crippen LogP contribution in [0.5, 0.6) is 0 Å². The van der Waals surface area contributed by atoms with Crippen LogP contribution in [0.15, 0.2) is 38.1 Å². The van der Waals surface area contributed by atoms with E-state index in [0.29, 0.717) is 0 Å². The third kappa shape index (κ3) is 82.4. The number of sulfonamides is 1. The van der Waals surface area contributed by atoms with Gasteiger partial charge < -0.3 is 4.84 Å². The molecule has 3 saturated heterocycles. The Hall–Kier alpha value is -4.20. The van der Waals surface area contributed by atoms with Gasteiger partial charge in [-0.25, -0.2) is 39.6 Å². The summed E-state index contributed by atoms with van der Waals surface area (Å²) in [7, 11) is -9.27. The van der Waals surface area contributed by atoms with E-state index in [1.54, 1.807) is 0 Å². The Morgan fingerprint density at radius 2 is 1.07 bits per heavy atom. The molecule has 0 radical (unpaired) electrons. The number of hydroxylamine groups is 1. The average molecular weight is 1040 g/mol. The summed E-state index contributed by atoms with van der Waals surface area (Å²) in [6.07, 6.45) is 3.59. The first kappa shape index (κ1) is 74.3. The van der Waals surface area contributed by atoms with Crippen molar-refractivity contribution < 1.29 is 58.6 Å². The van der Waals surface area contributed by atoms with Crippen LogP contribution >= 0.6 is 11.7 Å². The lowest BCUT2D eigenvalue weighted by Crippen LogP contribution is -2.15. The number of hydrogen-bond donors (Lipinski definition) is 4. The molecule has 0 aromatic carbocycles. The molecule has 0 spiro atoms. The number of hydrogen-bond acceptors (Lipinski definition) is 18. The van der Waals surface area contributed by atoms with Crippen LogP contribution in [0.2, 0.25) is 0 Å². The number of Topliss-reactive ketones (excluding diaryl/α,β-unsaturated/α-hetero) is 2. The summed E-state index contributed by atoms with van der Waals surface area (Å²) in [4.78, 5) is 76.6. The maximum absolute atomic E-state index is 10.4. The van der Waals surface area contributed by atoms with E-state index in [4.69, 9.17) is 0 Å². The van der Waals surface area contributed by atoms with Crippen molar-refractivity contribution in [3.63, 3.8) is 0 Å². The lowest BCUT2D eigenvalue weighted by atomic mass is 10.3. The second-order valence-electron chi connectivity index (χ2n) is 18.2. The highest BCUT2D eigenvalue weighted by Crippen LogP contribution is 2.05. The SMILES string of the molecule is CC(C)C.CC(C)C.CC(C)C.CC(C)C.CC(C)C.CC(C)C.O=C1C=CS(=O)(=O)C1.O=C1CC(=O)ON1.O=C1CCS(=O)(=O)C1.O=C1CNS(=O)(=O)C1.O=c1[nH]cno1.O=c1cns[nH]1. The molecule has 0 aliphatic carbocycles. The van der Waals surface area contributed by atoms with Gasteiger partial charge in [0, 0.05) is 23.6 Å². The Morgan fingerprint density at radius 1 is 0.627 bits per heavy atom. The number of nitrogens with zero attached hydrogens (tertiary/aromatic N) is 2. The molecule has 0 unspecified atom stereocenters. The van der Waals surface area contributed by atoms with Crippen LogP contribution in [-0.4, -0.2) is 103 Å². The van der Waals surface area contributed by atoms with Crippen molar-refractivity contribution in [3.05, 3.63) is 44.9 Å². The molecule has 21 nitrogen and oxygen atoms in total. The number of amides is 1. The molecular weight excluding hydrogens is 957 g/mol. The Bertz CT molecular complexity index is 1880. The van der Waals surface area contributed by atoms with Gasteiger partial charge in [0.1, 0.15) is 42.0 Å². The molecular formula is C42H82N6O15S4. The van der Waals surface area contributed by atoms with Crippen molar-refractivity contribution in [2.75, 3.05) is 29.6 Å². The number of nitrogens with one attached hydrogen (secondary N) is 4. The second kappa shape index (κ2) is 43.1. The quantitative estimate of drug-likeness (QED) is 0.237. The molecule has 25 heteroatoms. The molecule has 4 aliphatic rings. The minimum Gasteiger partial charge on any atom is -0.340 e. The summed E-state index contributed by atoms with van der Waals surface area (Å²) in [6, 6.07) is 0. The van der Waals surface area contributed by atoms with Crippen molar-refractivity contribution in [2.24, 2.45) is 35.5 Å². The Labute approximate surface area is 404 Å². The van der Waals surface area contributed by atoms with Gasteiger partial charge in [-0.05, 0) is 41.6 Å². The lowest BCUT2D eigenvalue weighted by molar-refractivity contribution is -0.144. The van der Waals surface area contributed by atoms with Crippen molar-refractivity contribution in [3.8, 4) is 0 Å². The summed E-state index contributed by atoms with van der Waals surface area (Å²) in [5.74, 6) is 2.02. The minimum absolute atomic E-state index is 0.0255. The number of aromatic amines is 2. The molecule has 6 rings (SSSR count). The normalized spacial score (nSPS) is 15.9. The number of allylic oxidation sites excluding steroid dienone is 1. The van der Waals surface area contributed by atoms with Crippen LogP contribution in [0.1, 0.15) is 137 Å². The highest BCUT2D eigenvalue weighted by atomic mass is 32.2. The highest BCUT2D eigenvalue weighted by molar-refractivity contribution is 7.95. The summed E-state index contributed by atoms with van der Waals surface area (Å²) in [5.41, 5.74) is 1.76. The van der Waals surface area contributed by atoms with Crippen LogP contribution in [0.25, 0.3) is 0 Å². The van der Waals surface area contributed by atoms with E-state index in [1.807, 2.05) is 5.48 Å². The summed E-state index contributed by atoms with van der Waals surface area (Å²) in [6.45, 7) is 39.0. The van der Waals surface area contributed by atoms with Gasteiger partial charge in [-0.2, -0.15) is 9.85 Å². The fourth-order valence-electron chi connectivity index (χ4n) is 2.31. The Kier molecular flexibility index (Phi) is 47.8. The smallest absolute Gasteiger partial charge is 0.340 e. The molecule has 0 bridgehead atoms. The molecule has 394 valence electrons. The zero-order valence-corrected chi connectivity index (χ0v) is 46.1. The van der Waals surface area contributed by atoms with Crippen LogP contribution in [0.3, 0.4) is 0 Å². The molecule has 6 heterocycles.